The highest BCUT2D eigenvalue weighted by Crippen LogP contribution is 2.29. The van der Waals surface area contributed by atoms with E-state index in [4.69, 9.17) is 10.5 Å². The first-order valence-electron chi connectivity index (χ1n) is 6.92. The zero-order chi connectivity index (χ0) is 12.7. The molecule has 1 rings (SSSR count). The molecule has 0 spiro atoms. The summed E-state index contributed by atoms with van der Waals surface area (Å²) in [6.07, 6.45) is 3.34. The van der Waals surface area contributed by atoms with E-state index in [0.717, 1.165) is 13.1 Å². The Morgan fingerprint density at radius 3 is 2.76 bits per heavy atom. The standard InChI is InChI=1S/C13H28N2O2/c1-3-15(9-12(16)10-17-4-2)13-7-5-6-11(13)8-14/h11-13,16H,3-10,14H2,1-2H3. The van der Waals surface area contributed by atoms with Crippen LogP contribution in [-0.4, -0.2) is 55.0 Å². The van der Waals surface area contributed by atoms with E-state index in [2.05, 4.69) is 11.8 Å². The fourth-order valence-corrected chi connectivity index (χ4v) is 2.85. The van der Waals surface area contributed by atoms with Crippen molar-refractivity contribution < 1.29 is 9.84 Å². The van der Waals surface area contributed by atoms with Crippen LogP contribution in [0.1, 0.15) is 33.1 Å². The first kappa shape index (κ1) is 14.9. The number of hydrogen-bond donors (Lipinski definition) is 2. The summed E-state index contributed by atoms with van der Waals surface area (Å²) in [5.41, 5.74) is 5.81. The molecule has 0 aromatic carbocycles. The Morgan fingerprint density at radius 2 is 2.18 bits per heavy atom. The second-order valence-corrected chi connectivity index (χ2v) is 4.89. The summed E-state index contributed by atoms with van der Waals surface area (Å²) in [6.45, 7) is 7.65. The van der Waals surface area contributed by atoms with E-state index in [-0.39, 0.29) is 6.10 Å². The summed E-state index contributed by atoms with van der Waals surface area (Å²) >= 11 is 0. The lowest BCUT2D eigenvalue weighted by Gasteiger charge is -2.33. The number of nitrogens with zero attached hydrogens (tertiary/aromatic N) is 1. The molecule has 0 saturated heterocycles. The van der Waals surface area contributed by atoms with Crippen molar-refractivity contribution in [1.82, 2.24) is 4.90 Å². The second-order valence-electron chi connectivity index (χ2n) is 4.89. The fraction of sp³-hybridized carbons (Fsp3) is 1.00. The van der Waals surface area contributed by atoms with E-state index >= 15 is 0 Å². The van der Waals surface area contributed by atoms with Crippen molar-refractivity contribution in [2.75, 3.05) is 32.8 Å². The third kappa shape index (κ3) is 4.54. The normalized spacial score (nSPS) is 26.6. The molecule has 4 nitrogen and oxygen atoms in total. The van der Waals surface area contributed by atoms with Crippen molar-refractivity contribution in [2.45, 2.75) is 45.3 Å². The van der Waals surface area contributed by atoms with Gasteiger partial charge in [0.1, 0.15) is 0 Å². The van der Waals surface area contributed by atoms with Crippen LogP contribution in [0.15, 0.2) is 0 Å². The van der Waals surface area contributed by atoms with Crippen molar-refractivity contribution in [1.29, 1.82) is 0 Å². The maximum Gasteiger partial charge on any atom is 0.0900 e. The van der Waals surface area contributed by atoms with Gasteiger partial charge in [-0.15, -0.1) is 0 Å². The van der Waals surface area contributed by atoms with Crippen LogP contribution >= 0.6 is 0 Å². The van der Waals surface area contributed by atoms with Gasteiger partial charge in [-0.05, 0) is 38.8 Å². The Balaban J connectivity index is 2.41. The van der Waals surface area contributed by atoms with E-state index in [0.29, 0.717) is 31.7 Å². The van der Waals surface area contributed by atoms with Crippen molar-refractivity contribution in [2.24, 2.45) is 11.7 Å². The molecule has 0 aromatic rings. The first-order valence-corrected chi connectivity index (χ1v) is 6.92. The molecule has 4 heteroatoms. The molecule has 3 unspecified atom stereocenters. The van der Waals surface area contributed by atoms with Gasteiger partial charge in [0.05, 0.1) is 12.7 Å². The summed E-state index contributed by atoms with van der Waals surface area (Å²) in [5.74, 6) is 0.606. The summed E-state index contributed by atoms with van der Waals surface area (Å²) < 4.78 is 5.26. The summed E-state index contributed by atoms with van der Waals surface area (Å²) in [5, 5.41) is 9.90. The number of aliphatic hydroxyl groups is 1. The van der Waals surface area contributed by atoms with Gasteiger partial charge >= 0.3 is 0 Å². The summed E-state index contributed by atoms with van der Waals surface area (Å²) in [7, 11) is 0. The molecule has 3 atom stereocenters. The Morgan fingerprint density at radius 1 is 1.41 bits per heavy atom. The molecule has 0 amide bonds. The SMILES string of the molecule is CCOCC(O)CN(CC)C1CCCC1CN. The van der Waals surface area contributed by atoms with Crippen molar-refractivity contribution in [3.8, 4) is 0 Å². The van der Waals surface area contributed by atoms with Crippen LogP contribution in [0, 0.1) is 5.92 Å². The maximum absolute atomic E-state index is 9.90. The Kier molecular flexibility index (Phi) is 7.04. The lowest BCUT2D eigenvalue weighted by atomic mass is 10.0. The monoisotopic (exact) mass is 244 g/mol. The molecule has 0 heterocycles. The zero-order valence-electron chi connectivity index (χ0n) is 11.3. The molecular weight excluding hydrogens is 216 g/mol. The van der Waals surface area contributed by atoms with Crippen molar-refractivity contribution in [3.63, 3.8) is 0 Å². The van der Waals surface area contributed by atoms with Gasteiger partial charge in [0.15, 0.2) is 0 Å². The molecule has 17 heavy (non-hydrogen) atoms. The predicted octanol–water partition coefficient (Wildman–Crippen LogP) is 0.833. The summed E-state index contributed by atoms with van der Waals surface area (Å²) in [6, 6.07) is 0.557. The molecule has 0 bridgehead atoms. The van der Waals surface area contributed by atoms with E-state index in [1.807, 2.05) is 6.92 Å². The number of likely N-dealkylation sites (N-methyl/N-ethyl adjacent to an activating group) is 1. The molecule has 1 saturated carbocycles. The van der Waals surface area contributed by atoms with E-state index < -0.39 is 0 Å². The zero-order valence-corrected chi connectivity index (χ0v) is 11.3. The maximum atomic E-state index is 9.90. The lowest BCUT2D eigenvalue weighted by Crippen LogP contribution is -2.45. The number of hydrogen-bond acceptors (Lipinski definition) is 4. The molecule has 1 aliphatic rings. The molecule has 0 aromatic heterocycles. The summed E-state index contributed by atoms with van der Waals surface area (Å²) in [4.78, 5) is 2.37. The number of aliphatic hydroxyl groups excluding tert-OH is 1. The van der Waals surface area contributed by atoms with E-state index in [1.54, 1.807) is 0 Å². The average Bonchev–Trinajstić information content (AvgIpc) is 2.81. The van der Waals surface area contributed by atoms with Crippen LogP contribution in [0.5, 0.6) is 0 Å². The number of nitrogens with two attached hydrogens (primary N) is 1. The molecule has 3 N–H and O–H groups in total. The molecular formula is C13H28N2O2. The number of rotatable bonds is 8. The predicted molar refractivity (Wildman–Crippen MR) is 69.9 cm³/mol. The van der Waals surface area contributed by atoms with E-state index in [9.17, 15) is 5.11 Å². The molecule has 1 fully saturated rings. The molecule has 1 aliphatic carbocycles. The lowest BCUT2D eigenvalue weighted by molar-refractivity contribution is 0.00975. The van der Waals surface area contributed by atoms with Crippen LogP contribution in [0.4, 0.5) is 0 Å². The largest absolute Gasteiger partial charge is 0.389 e. The van der Waals surface area contributed by atoms with Gasteiger partial charge < -0.3 is 15.6 Å². The Labute approximate surface area is 105 Å². The second kappa shape index (κ2) is 8.03. The van der Waals surface area contributed by atoms with Gasteiger partial charge in [0.2, 0.25) is 0 Å². The van der Waals surface area contributed by atoms with Crippen LogP contribution < -0.4 is 5.73 Å². The fourth-order valence-electron chi connectivity index (χ4n) is 2.85. The first-order chi connectivity index (χ1) is 8.22. The van der Waals surface area contributed by atoms with Crippen molar-refractivity contribution >= 4 is 0 Å². The van der Waals surface area contributed by atoms with E-state index in [1.165, 1.54) is 19.3 Å². The molecule has 102 valence electrons. The topological polar surface area (TPSA) is 58.7 Å². The smallest absolute Gasteiger partial charge is 0.0900 e. The highest BCUT2D eigenvalue weighted by atomic mass is 16.5. The molecule has 0 radical (unpaired) electrons. The van der Waals surface area contributed by atoms with Crippen molar-refractivity contribution in [3.05, 3.63) is 0 Å². The minimum atomic E-state index is -0.381. The third-order valence-corrected chi connectivity index (χ3v) is 3.76. The van der Waals surface area contributed by atoms with Crippen LogP contribution in [0.2, 0.25) is 0 Å². The van der Waals surface area contributed by atoms with Gasteiger partial charge in [-0.3, -0.25) is 4.90 Å². The minimum absolute atomic E-state index is 0.381. The average molecular weight is 244 g/mol. The Hall–Kier alpha value is -0.160. The third-order valence-electron chi connectivity index (χ3n) is 3.76. The highest BCUT2D eigenvalue weighted by molar-refractivity contribution is 4.86. The Bertz CT molecular complexity index is 202. The highest BCUT2D eigenvalue weighted by Gasteiger charge is 2.31. The van der Waals surface area contributed by atoms with Gasteiger partial charge in [0.25, 0.3) is 0 Å². The van der Waals surface area contributed by atoms with Crippen LogP contribution in [-0.2, 0) is 4.74 Å². The van der Waals surface area contributed by atoms with Gasteiger partial charge in [0, 0.05) is 19.2 Å². The number of ether oxygens (including phenoxy) is 1. The van der Waals surface area contributed by atoms with Gasteiger partial charge in [-0.2, -0.15) is 0 Å². The molecule has 0 aliphatic heterocycles. The quantitative estimate of drug-likeness (QED) is 0.664. The van der Waals surface area contributed by atoms with Gasteiger partial charge in [-0.1, -0.05) is 13.3 Å². The van der Waals surface area contributed by atoms with Gasteiger partial charge in [-0.25, -0.2) is 0 Å². The van der Waals surface area contributed by atoms with Crippen LogP contribution in [0.25, 0.3) is 0 Å². The minimum Gasteiger partial charge on any atom is -0.389 e. The van der Waals surface area contributed by atoms with Crippen LogP contribution in [0.3, 0.4) is 0 Å².